The molecule has 3 rings (SSSR count). The second-order valence-electron chi connectivity index (χ2n) is 6.33. The Hall–Kier alpha value is -1.26. The van der Waals surface area contributed by atoms with Crippen molar-refractivity contribution in [3.8, 4) is 0 Å². The van der Waals surface area contributed by atoms with Gasteiger partial charge >= 0.3 is 7.12 Å². The van der Waals surface area contributed by atoms with Crippen LogP contribution in [0, 0.1) is 0 Å². The molecule has 0 bridgehead atoms. The molecule has 0 spiro atoms. The summed E-state index contributed by atoms with van der Waals surface area (Å²) in [4.78, 5) is 0. The van der Waals surface area contributed by atoms with Crippen LogP contribution in [-0.4, -0.2) is 22.9 Å². The summed E-state index contributed by atoms with van der Waals surface area (Å²) in [5, 5.41) is 1.22. The lowest BCUT2D eigenvalue weighted by atomic mass is 9.79. The molecular formula is C17H26BNO2. The normalized spacial score (nSPS) is 19.5. The molecule has 1 aromatic heterocycles. The monoisotopic (exact) mass is 287 g/mol. The summed E-state index contributed by atoms with van der Waals surface area (Å²) in [5.41, 5.74) is 1.73. The third kappa shape index (κ3) is 2.75. The van der Waals surface area contributed by atoms with Crippen LogP contribution in [0.1, 0.15) is 41.5 Å². The highest BCUT2D eigenvalue weighted by molar-refractivity contribution is 6.62. The van der Waals surface area contributed by atoms with Gasteiger partial charge in [-0.25, -0.2) is 0 Å². The Morgan fingerprint density at radius 3 is 2.10 bits per heavy atom. The Morgan fingerprint density at radius 2 is 1.52 bits per heavy atom. The van der Waals surface area contributed by atoms with Gasteiger partial charge in [0.15, 0.2) is 0 Å². The maximum atomic E-state index is 6.08. The summed E-state index contributed by atoms with van der Waals surface area (Å²) >= 11 is 0. The van der Waals surface area contributed by atoms with Crippen molar-refractivity contribution in [1.82, 2.24) is 4.57 Å². The van der Waals surface area contributed by atoms with E-state index in [0.29, 0.717) is 0 Å². The van der Waals surface area contributed by atoms with Gasteiger partial charge in [0.2, 0.25) is 0 Å². The second-order valence-corrected chi connectivity index (χ2v) is 6.33. The summed E-state index contributed by atoms with van der Waals surface area (Å²) in [7, 11) is 1.77. The number of rotatable bonds is 1. The fourth-order valence-electron chi connectivity index (χ4n) is 2.43. The van der Waals surface area contributed by atoms with E-state index in [-0.39, 0.29) is 18.3 Å². The van der Waals surface area contributed by atoms with E-state index < -0.39 is 0 Å². The summed E-state index contributed by atoms with van der Waals surface area (Å²) in [5.74, 6) is 0. The van der Waals surface area contributed by atoms with Gasteiger partial charge in [-0.05, 0) is 50.7 Å². The van der Waals surface area contributed by atoms with Gasteiger partial charge in [-0.15, -0.1) is 0 Å². The number of aryl methyl sites for hydroxylation is 1. The van der Waals surface area contributed by atoms with E-state index in [0.717, 1.165) is 5.46 Å². The number of nitrogens with zero attached hydrogens (tertiary/aromatic N) is 1. The first kappa shape index (κ1) is 16.1. The van der Waals surface area contributed by atoms with E-state index in [1.165, 1.54) is 10.9 Å². The van der Waals surface area contributed by atoms with Gasteiger partial charge in [0.25, 0.3) is 0 Å². The van der Waals surface area contributed by atoms with Crippen LogP contribution in [0.5, 0.6) is 0 Å². The Bertz CT molecular complexity index is 615. The highest BCUT2D eigenvalue weighted by atomic mass is 16.7. The summed E-state index contributed by atoms with van der Waals surface area (Å²) in [6, 6.07) is 8.47. The molecule has 0 amide bonds. The van der Waals surface area contributed by atoms with Crippen molar-refractivity contribution in [3.05, 3.63) is 30.5 Å². The molecule has 114 valence electrons. The van der Waals surface area contributed by atoms with Crippen LogP contribution in [0.25, 0.3) is 10.9 Å². The number of fused-ring (bicyclic) bond motifs is 1. The zero-order chi connectivity index (χ0) is 15.8. The van der Waals surface area contributed by atoms with Crippen molar-refractivity contribution in [2.24, 2.45) is 7.05 Å². The van der Waals surface area contributed by atoms with Gasteiger partial charge in [0.05, 0.1) is 11.2 Å². The molecule has 0 radical (unpaired) electrons. The van der Waals surface area contributed by atoms with E-state index >= 15 is 0 Å². The Kier molecular flexibility index (Phi) is 4.23. The molecule has 3 nitrogen and oxygen atoms in total. The molecule has 2 heterocycles. The first-order valence-electron chi connectivity index (χ1n) is 7.71. The molecular weight excluding hydrogens is 261 g/mol. The lowest BCUT2D eigenvalue weighted by molar-refractivity contribution is 0.00578. The third-order valence-corrected chi connectivity index (χ3v) is 4.43. The third-order valence-electron chi connectivity index (χ3n) is 4.43. The first-order chi connectivity index (χ1) is 9.80. The van der Waals surface area contributed by atoms with Crippen molar-refractivity contribution in [2.75, 3.05) is 0 Å². The topological polar surface area (TPSA) is 23.4 Å². The van der Waals surface area contributed by atoms with Gasteiger partial charge in [0, 0.05) is 18.8 Å². The molecule has 1 aliphatic rings. The molecule has 1 aliphatic heterocycles. The Balaban J connectivity index is 0.000000774. The van der Waals surface area contributed by atoms with E-state index in [1.807, 2.05) is 13.8 Å². The van der Waals surface area contributed by atoms with Crippen molar-refractivity contribution < 1.29 is 9.31 Å². The highest BCUT2D eigenvalue weighted by Crippen LogP contribution is 2.36. The highest BCUT2D eigenvalue weighted by Gasteiger charge is 2.51. The van der Waals surface area contributed by atoms with E-state index in [9.17, 15) is 0 Å². The zero-order valence-electron chi connectivity index (χ0n) is 14.2. The summed E-state index contributed by atoms with van der Waals surface area (Å²) < 4.78 is 14.3. The molecule has 1 saturated heterocycles. The molecule has 1 aromatic carbocycles. The van der Waals surface area contributed by atoms with Crippen LogP contribution < -0.4 is 5.46 Å². The number of hydrogen-bond donors (Lipinski definition) is 0. The van der Waals surface area contributed by atoms with E-state index in [2.05, 4.69) is 69.8 Å². The van der Waals surface area contributed by atoms with E-state index in [4.69, 9.17) is 9.31 Å². The van der Waals surface area contributed by atoms with Crippen LogP contribution >= 0.6 is 0 Å². The lowest BCUT2D eigenvalue weighted by Crippen LogP contribution is -2.41. The number of benzene rings is 1. The van der Waals surface area contributed by atoms with Gasteiger partial charge in [-0.3, -0.25) is 0 Å². The van der Waals surface area contributed by atoms with Crippen molar-refractivity contribution >= 4 is 23.5 Å². The minimum atomic E-state index is -0.288. The van der Waals surface area contributed by atoms with Crippen LogP contribution in [0.4, 0.5) is 0 Å². The lowest BCUT2D eigenvalue weighted by Gasteiger charge is -2.32. The minimum absolute atomic E-state index is 0.283. The average molecular weight is 287 g/mol. The predicted molar refractivity (Wildman–Crippen MR) is 90.0 cm³/mol. The van der Waals surface area contributed by atoms with Gasteiger partial charge in [-0.1, -0.05) is 26.0 Å². The molecule has 0 atom stereocenters. The SMILES string of the molecule is CC.Cn1ccc2cc(B3OC(C)(C)C(C)(C)O3)ccc21. The summed E-state index contributed by atoms with van der Waals surface area (Å²) in [6.45, 7) is 12.3. The van der Waals surface area contributed by atoms with E-state index in [1.54, 1.807) is 0 Å². The van der Waals surface area contributed by atoms with Crippen molar-refractivity contribution in [3.63, 3.8) is 0 Å². The Morgan fingerprint density at radius 1 is 0.952 bits per heavy atom. The summed E-state index contributed by atoms with van der Waals surface area (Å²) in [6.07, 6.45) is 2.07. The maximum absolute atomic E-state index is 6.08. The van der Waals surface area contributed by atoms with Crippen LogP contribution in [0.2, 0.25) is 0 Å². The molecule has 2 aromatic rings. The fraction of sp³-hybridized carbons (Fsp3) is 0.529. The smallest absolute Gasteiger partial charge is 0.399 e. The first-order valence-corrected chi connectivity index (χ1v) is 7.71. The van der Waals surface area contributed by atoms with Gasteiger partial charge in [0.1, 0.15) is 0 Å². The Labute approximate surface area is 128 Å². The molecule has 1 fully saturated rings. The molecule has 0 aliphatic carbocycles. The molecule has 0 saturated carbocycles. The number of hydrogen-bond acceptors (Lipinski definition) is 2. The standard InChI is InChI=1S/C15H20BNO2.C2H6/c1-14(2)15(3,4)19-16(18-14)12-6-7-13-11(10-12)8-9-17(13)5;1-2/h6-10H,1-5H3;1-2H3. The quantitative estimate of drug-likeness (QED) is 0.749. The number of aromatic nitrogens is 1. The fourth-order valence-corrected chi connectivity index (χ4v) is 2.43. The van der Waals surface area contributed by atoms with Crippen molar-refractivity contribution in [2.45, 2.75) is 52.7 Å². The molecule has 4 heteroatoms. The zero-order valence-corrected chi connectivity index (χ0v) is 14.2. The van der Waals surface area contributed by atoms with Crippen LogP contribution in [0.3, 0.4) is 0 Å². The molecule has 21 heavy (non-hydrogen) atoms. The average Bonchev–Trinajstić information content (AvgIpc) is 2.90. The second kappa shape index (κ2) is 5.50. The molecule has 0 unspecified atom stereocenters. The van der Waals surface area contributed by atoms with Crippen molar-refractivity contribution in [1.29, 1.82) is 0 Å². The van der Waals surface area contributed by atoms with Crippen LogP contribution in [0.15, 0.2) is 30.5 Å². The maximum Gasteiger partial charge on any atom is 0.494 e. The largest absolute Gasteiger partial charge is 0.494 e. The minimum Gasteiger partial charge on any atom is -0.399 e. The van der Waals surface area contributed by atoms with Crippen LogP contribution in [-0.2, 0) is 16.4 Å². The van der Waals surface area contributed by atoms with Gasteiger partial charge in [-0.2, -0.15) is 0 Å². The molecule has 0 N–H and O–H groups in total. The van der Waals surface area contributed by atoms with Gasteiger partial charge < -0.3 is 13.9 Å². The predicted octanol–water partition coefficient (Wildman–Crippen LogP) is 3.50.